The maximum atomic E-state index is 13.1. The van der Waals surface area contributed by atoms with Crippen LogP contribution in [0, 0.1) is 10.1 Å². The van der Waals surface area contributed by atoms with Crippen LogP contribution in [-0.4, -0.2) is 27.3 Å². The van der Waals surface area contributed by atoms with Gasteiger partial charge in [0.25, 0.3) is 5.69 Å². The maximum Gasteiger partial charge on any atom is 0.336 e. The van der Waals surface area contributed by atoms with Crippen molar-refractivity contribution in [2.75, 3.05) is 11.9 Å². The van der Waals surface area contributed by atoms with Crippen LogP contribution in [0.15, 0.2) is 53.7 Å². The highest BCUT2D eigenvalue weighted by atomic mass is 35.5. The van der Waals surface area contributed by atoms with Gasteiger partial charge in [0.15, 0.2) is 0 Å². The van der Waals surface area contributed by atoms with Gasteiger partial charge in [0, 0.05) is 52.0 Å². The summed E-state index contributed by atoms with van der Waals surface area (Å²) in [6, 6.07) is 11.3. The summed E-state index contributed by atoms with van der Waals surface area (Å²) in [5.74, 6) is -0.520. The molecule has 0 saturated carbocycles. The molecule has 3 aromatic rings. The number of allylic oxidation sites excluding steroid dienone is 1. The van der Waals surface area contributed by atoms with Gasteiger partial charge in [-0.15, -0.1) is 0 Å². The van der Waals surface area contributed by atoms with Crippen LogP contribution in [0.3, 0.4) is 0 Å². The summed E-state index contributed by atoms with van der Waals surface area (Å²) in [5, 5.41) is 20.3. The molecule has 0 saturated heterocycles. The predicted octanol–water partition coefficient (Wildman–Crippen LogP) is 5.70. The lowest BCUT2D eigenvalue weighted by Crippen LogP contribution is -2.25. The highest BCUT2D eigenvalue weighted by molar-refractivity contribution is 6.35. The SMILES string of the molecule is CCOC(=O)C1=C(C)Nc2c(c(-c3cc(Cl)cc(Cl)c3)nn2C)C1c1cccc([N+](=O)[O-])c1. The van der Waals surface area contributed by atoms with Crippen LogP contribution in [0.25, 0.3) is 11.3 Å². The number of nitrogens with one attached hydrogen (secondary N) is 1. The van der Waals surface area contributed by atoms with E-state index >= 15 is 0 Å². The Morgan fingerprint density at radius 1 is 1.24 bits per heavy atom. The number of hydrogen-bond donors (Lipinski definition) is 1. The molecule has 4 rings (SSSR count). The van der Waals surface area contributed by atoms with Crippen molar-refractivity contribution < 1.29 is 14.5 Å². The molecule has 170 valence electrons. The van der Waals surface area contributed by atoms with E-state index in [1.54, 1.807) is 55.9 Å². The molecule has 0 spiro atoms. The molecule has 1 N–H and O–H groups in total. The number of aryl methyl sites for hydroxylation is 1. The number of halogens is 2. The summed E-state index contributed by atoms with van der Waals surface area (Å²) < 4.78 is 7.01. The molecular formula is C23H20Cl2N4O4. The molecule has 0 amide bonds. The fourth-order valence-corrected chi connectivity index (χ4v) is 4.63. The van der Waals surface area contributed by atoms with E-state index in [0.29, 0.717) is 49.5 Å². The molecule has 0 fully saturated rings. The molecule has 1 unspecified atom stereocenters. The normalized spacial score (nSPS) is 15.1. The van der Waals surface area contributed by atoms with Gasteiger partial charge >= 0.3 is 5.97 Å². The summed E-state index contributed by atoms with van der Waals surface area (Å²) in [7, 11) is 1.77. The van der Waals surface area contributed by atoms with Crippen molar-refractivity contribution in [2.45, 2.75) is 19.8 Å². The number of aromatic nitrogens is 2. The third-order valence-electron chi connectivity index (χ3n) is 5.42. The van der Waals surface area contributed by atoms with Crippen LogP contribution in [0.5, 0.6) is 0 Å². The third kappa shape index (κ3) is 4.19. The lowest BCUT2D eigenvalue weighted by Gasteiger charge is -2.28. The Morgan fingerprint density at radius 2 is 1.94 bits per heavy atom. The van der Waals surface area contributed by atoms with Crippen molar-refractivity contribution in [2.24, 2.45) is 7.05 Å². The van der Waals surface area contributed by atoms with Gasteiger partial charge in [-0.3, -0.25) is 14.8 Å². The van der Waals surface area contributed by atoms with E-state index in [9.17, 15) is 14.9 Å². The Labute approximate surface area is 199 Å². The minimum absolute atomic E-state index is 0.0790. The summed E-state index contributed by atoms with van der Waals surface area (Å²) in [6.07, 6.45) is 0. The maximum absolute atomic E-state index is 13.1. The molecule has 0 radical (unpaired) electrons. The highest BCUT2D eigenvalue weighted by Gasteiger charge is 2.38. The van der Waals surface area contributed by atoms with E-state index in [1.165, 1.54) is 12.1 Å². The molecule has 1 atom stereocenters. The quantitative estimate of drug-likeness (QED) is 0.282. The zero-order valence-electron chi connectivity index (χ0n) is 18.1. The Morgan fingerprint density at radius 3 is 2.58 bits per heavy atom. The third-order valence-corrected chi connectivity index (χ3v) is 5.85. The zero-order valence-corrected chi connectivity index (χ0v) is 19.6. The number of nitro groups is 1. The molecule has 8 nitrogen and oxygen atoms in total. The van der Waals surface area contributed by atoms with E-state index in [4.69, 9.17) is 27.9 Å². The molecule has 1 aliphatic rings. The monoisotopic (exact) mass is 486 g/mol. The molecule has 1 aliphatic heterocycles. The van der Waals surface area contributed by atoms with Crippen molar-refractivity contribution in [3.63, 3.8) is 0 Å². The Kier molecular flexibility index (Phi) is 6.14. The average Bonchev–Trinajstić information content (AvgIpc) is 3.08. The number of esters is 1. The van der Waals surface area contributed by atoms with Gasteiger partial charge in [0.2, 0.25) is 0 Å². The van der Waals surface area contributed by atoms with Gasteiger partial charge in [-0.1, -0.05) is 35.3 Å². The van der Waals surface area contributed by atoms with Crippen LogP contribution in [0.4, 0.5) is 11.5 Å². The second kappa shape index (κ2) is 8.88. The van der Waals surface area contributed by atoms with E-state index in [2.05, 4.69) is 10.4 Å². The molecule has 2 heterocycles. The number of nitro benzene ring substituents is 1. The summed E-state index contributed by atoms with van der Waals surface area (Å²) in [6.45, 7) is 3.68. The number of anilines is 1. The smallest absolute Gasteiger partial charge is 0.336 e. The summed E-state index contributed by atoms with van der Waals surface area (Å²) in [4.78, 5) is 24.1. The number of carbonyl (C=O) groups is 1. The van der Waals surface area contributed by atoms with E-state index in [0.717, 1.165) is 0 Å². The minimum Gasteiger partial charge on any atom is -0.463 e. The first-order chi connectivity index (χ1) is 15.7. The standard InChI is InChI=1S/C23H20Cl2N4O4/c1-4-33-23(30)18-12(2)26-22-20(19(18)13-6-5-7-17(10-13)29(31)32)21(27-28(22)3)14-8-15(24)11-16(25)9-14/h5-11,19,26H,4H2,1-3H3. The van der Waals surface area contributed by atoms with Gasteiger partial charge < -0.3 is 10.1 Å². The van der Waals surface area contributed by atoms with E-state index < -0.39 is 16.8 Å². The number of carbonyl (C=O) groups excluding carboxylic acids is 1. The van der Waals surface area contributed by atoms with Crippen LogP contribution >= 0.6 is 23.2 Å². The average molecular weight is 487 g/mol. The lowest BCUT2D eigenvalue weighted by molar-refractivity contribution is -0.384. The van der Waals surface area contributed by atoms with Crippen molar-refractivity contribution in [1.82, 2.24) is 9.78 Å². The lowest BCUT2D eigenvalue weighted by atomic mass is 9.80. The number of fused-ring (bicyclic) bond motifs is 1. The zero-order chi connectivity index (χ0) is 23.9. The molecule has 0 bridgehead atoms. The van der Waals surface area contributed by atoms with Crippen molar-refractivity contribution in [3.8, 4) is 11.3 Å². The van der Waals surface area contributed by atoms with Crippen LogP contribution < -0.4 is 5.32 Å². The van der Waals surface area contributed by atoms with Gasteiger partial charge in [0.1, 0.15) is 5.82 Å². The number of nitrogens with zero attached hydrogens (tertiary/aromatic N) is 3. The molecule has 1 aromatic heterocycles. The van der Waals surface area contributed by atoms with Gasteiger partial charge in [-0.2, -0.15) is 5.10 Å². The first kappa shape index (κ1) is 22.8. The molecular weight excluding hydrogens is 467 g/mol. The summed E-state index contributed by atoms with van der Waals surface area (Å²) in [5.41, 5.74) is 3.30. The predicted molar refractivity (Wildman–Crippen MR) is 127 cm³/mol. The Balaban J connectivity index is 2.02. The first-order valence-corrected chi connectivity index (χ1v) is 10.9. The van der Waals surface area contributed by atoms with Crippen LogP contribution in [-0.2, 0) is 16.6 Å². The van der Waals surface area contributed by atoms with Crippen molar-refractivity contribution in [1.29, 1.82) is 0 Å². The first-order valence-electron chi connectivity index (χ1n) is 10.1. The Hall–Kier alpha value is -3.36. The molecule has 10 heteroatoms. The van der Waals surface area contributed by atoms with Crippen LogP contribution in [0.1, 0.15) is 30.9 Å². The van der Waals surface area contributed by atoms with Crippen molar-refractivity contribution in [3.05, 3.63) is 85.0 Å². The fourth-order valence-electron chi connectivity index (χ4n) is 4.10. The van der Waals surface area contributed by atoms with E-state index in [1.807, 2.05) is 0 Å². The number of benzene rings is 2. The van der Waals surface area contributed by atoms with Crippen molar-refractivity contribution >= 4 is 40.7 Å². The van der Waals surface area contributed by atoms with Gasteiger partial charge in [0.05, 0.1) is 22.8 Å². The fraction of sp³-hybridized carbons (Fsp3) is 0.217. The second-order valence-corrected chi connectivity index (χ2v) is 8.43. The number of hydrogen-bond acceptors (Lipinski definition) is 6. The number of non-ortho nitro benzene ring substituents is 1. The largest absolute Gasteiger partial charge is 0.463 e. The van der Waals surface area contributed by atoms with Gasteiger partial charge in [-0.25, -0.2) is 4.79 Å². The molecule has 33 heavy (non-hydrogen) atoms. The topological polar surface area (TPSA) is 99.3 Å². The second-order valence-electron chi connectivity index (χ2n) is 7.56. The molecule has 2 aromatic carbocycles. The number of ether oxygens (including phenoxy) is 1. The highest BCUT2D eigenvalue weighted by Crippen LogP contribution is 2.47. The van der Waals surface area contributed by atoms with Crippen LogP contribution in [0.2, 0.25) is 10.0 Å². The number of rotatable bonds is 5. The minimum atomic E-state index is -0.665. The molecule has 0 aliphatic carbocycles. The Bertz CT molecular complexity index is 1300. The van der Waals surface area contributed by atoms with E-state index in [-0.39, 0.29) is 12.3 Å². The summed E-state index contributed by atoms with van der Waals surface area (Å²) >= 11 is 12.5. The van der Waals surface area contributed by atoms with Gasteiger partial charge in [-0.05, 0) is 37.6 Å².